The lowest BCUT2D eigenvalue weighted by Gasteiger charge is -2.26. The molecule has 1 aromatic heterocycles. The lowest BCUT2D eigenvalue weighted by atomic mass is 10.0. The molecule has 0 amide bonds. The molecule has 9 heteroatoms. The molecular formula is C19H24O8S. The lowest BCUT2D eigenvalue weighted by Crippen LogP contribution is -2.46. The van der Waals surface area contributed by atoms with Gasteiger partial charge in [-0.2, -0.15) is 0 Å². The van der Waals surface area contributed by atoms with Crippen LogP contribution in [0.4, 0.5) is 0 Å². The Morgan fingerprint density at radius 1 is 1.11 bits per heavy atom. The van der Waals surface area contributed by atoms with E-state index in [9.17, 15) is 25.2 Å². The van der Waals surface area contributed by atoms with Crippen molar-refractivity contribution in [2.45, 2.75) is 31.3 Å². The van der Waals surface area contributed by atoms with Crippen molar-refractivity contribution in [2.24, 2.45) is 0 Å². The maximum Gasteiger partial charge on any atom is 0.206 e. The molecule has 28 heavy (non-hydrogen) atoms. The molecule has 8 nitrogen and oxygen atoms in total. The van der Waals surface area contributed by atoms with Crippen LogP contribution in [0.2, 0.25) is 0 Å². The maximum absolute atomic E-state index is 12.7. The Labute approximate surface area is 166 Å². The number of aliphatic hydroxyl groups is 4. The molecule has 0 spiro atoms. The van der Waals surface area contributed by atoms with E-state index >= 15 is 0 Å². The molecule has 4 N–H and O–H groups in total. The molecule has 2 rings (SSSR count). The number of hydrogen-bond acceptors (Lipinski definition) is 9. The highest BCUT2D eigenvalue weighted by Gasteiger charge is 2.30. The summed E-state index contributed by atoms with van der Waals surface area (Å²) in [6, 6.07) is 8.28. The van der Waals surface area contributed by atoms with E-state index in [4.69, 9.17) is 14.2 Å². The third kappa shape index (κ3) is 5.51. The minimum Gasteiger partial charge on any atom is -0.497 e. The van der Waals surface area contributed by atoms with E-state index in [0.717, 1.165) is 0 Å². The second-order valence-corrected chi connectivity index (χ2v) is 6.96. The van der Waals surface area contributed by atoms with E-state index in [-0.39, 0.29) is 12.6 Å². The molecule has 4 unspecified atom stereocenters. The van der Waals surface area contributed by atoms with Gasteiger partial charge in [-0.3, -0.25) is 4.79 Å². The average molecular weight is 412 g/mol. The first-order valence-electron chi connectivity index (χ1n) is 8.54. The summed E-state index contributed by atoms with van der Waals surface area (Å²) in [7, 11) is 1.54. The Hall–Kier alpha value is -2.01. The summed E-state index contributed by atoms with van der Waals surface area (Å²) < 4.78 is 15.8. The Morgan fingerprint density at radius 3 is 2.36 bits per heavy atom. The first kappa shape index (κ1) is 22.3. The highest BCUT2D eigenvalue weighted by Crippen LogP contribution is 2.28. The number of carbonyl (C=O) groups is 1. The molecule has 0 saturated carbocycles. The van der Waals surface area contributed by atoms with Gasteiger partial charge in [-0.05, 0) is 42.6 Å². The Balaban J connectivity index is 1.98. The summed E-state index contributed by atoms with van der Waals surface area (Å²) in [5.41, 5.74) is 0.470. The Morgan fingerprint density at radius 2 is 1.79 bits per heavy atom. The summed E-state index contributed by atoms with van der Waals surface area (Å²) in [5.74, 6) is 0.713. The topological polar surface area (TPSA) is 126 Å². The summed E-state index contributed by atoms with van der Waals surface area (Å²) in [6.45, 7) is 0.352. The minimum absolute atomic E-state index is 0.226. The molecule has 1 heterocycles. The second-order valence-electron chi connectivity index (χ2n) is 6.04. The SMILES string of the molecule is COc1ccc(C(=O)c2sccc2OCOC(CO)C(O)C(O)C(C)O)cc1. The number of thiophene rings is 1. The molecule has 0 saturated heterocycles. The zero-order valence-corrected chi connectivity index (χ0v) is 16.3. The quantitative estimate of drug-likeness (QED) is 0.316. The van der Waals surface area contributed by atoms with Gasteiger partial charge in [-0.1, -0.05) is 0 Å². The van der Waals surface area contributed by atoms with Crippen LogP contribution in [0.3, 0.4) is 0 Å². The molecule has 154 valence electrons. The predicted octanol–water partition coefficient (Wildman–Crippen LogP) is 0.804. The Bertz CT molecular complexity index is 743. The first-order valence-corrected chi connectivity index (χ1v) is 9.42. The van der Waals surface area contributed by atoms with Gasteiger partial charge < -0.3 is 34.6 Å². The molecule has 0 radical (unpaired) electrons. The number of aliphatic hydroxyl groups excluding tert-OH is 4. The predicted molar refractivity (Wildman–Crippen MR) is 102 cm³/mol. The molecule has 0 aliphatic rings. The molecule has 0 bridgehead atoms. The van der Waals surface area contributed by atoms with Crippen LogP contribution in [0.25, 0.3) is 0 Å². The van der Waals surface area contributed by atoms with E-state index < -0.39 is 31.0 Å². The number of ketones is 1. The van der Waals surface area contributed by atoms with E-state index in [2.05, 4.69) is 0 Å². The zero-order chi connectivity index (χ0) is 20.7. The van der Waals surface area contributed by atoms with Crippen LogP contribution in [-0.4, -0.2) is 71.1 Å². The number of methoxy groups -OCH3 is 1. The maximum atomic E-state index is 12.7. The van der Waals surface area contributed by atoms with Crippen molar-refractivity contribution >= 4 is 17.1 Å². The zero-order valence-electron chi connectivity index (χ0n) is 15.5. The fourth-order valence-corrected chi connectivity index (χ4v) is 3.20. The second kappa shape index (κ2) is 10.5. The van der Waals surface area contributed by atoms with E-state index in [1.807, 2.05) is 0 Å². The highest BCUT2D eigenvalue weighted by atomic mass is 32.1. The third-order valence-corrected chi connectivity index (χ3v) is 4.98. The third-order valence-electron chi connectivity index (χ3n) is 4.09. The van der Waals surface area contributed by atoms with Crippen molar-refractivity contribution in [3.05, 3.63) is 46.2 Å². The minimum atomic E-state index is -1.50. The molecule has 4 atom stereocenters. The smallest absolute Gasteiger partial charge is 0.206 e. The van der Waals surface area contributed by atoms with Gasteiger partial charge in [0.15, 0.2) is 6.79 Å². The van der Waals surface area contributed by atoms with E-state index in [0.29, 0.717) is 21.9 Å². The van der Waals surface area contributed by atoms with Crippen LogP contribution < -0.4 is 9.47 Å². The van der Waals surface area contributed by atoms with Gasteiger partial charge >= 0.3 is 0 Å². The van der Waals surface area contributed by atoms with Crippen LogP contribution >= 0.6 is 11.3 Å². The summed E-state index contributed by atoms with van der Waals surface area (Å²) in [4.78, 5) is 13.0. The van der Waals surface area contributed by atoms with Crippen molar-refractivity contribution in [3.63, 3.8) is 0 Å². The van der Waals surface area contributed by atoms with Crippen molar-refractivity contribution < 1.29 is 39.4 Å². The van der Waals surface area contributed by atoms with Crippen LogP contribution in [0.5, 0.6) is 11.5 Å². The van der Waals surface area contributed by atoms with Gasteiger partial charge in [-0.15, -0.1) is 11.3 Å². The van der Waals surface area contributed by atoms with Crippen LogP contribution in [0.1, 0.15) is 22.2 Å². The molecule has 0 fully saturated rings. The van der Waals surface area contributed by atoms with Crippen molar-refractivity contribution in [1.82, 2.24) is 0 Å². The fraction of sp³-hybridized carbons (Fsp3) is 0.421. The summed E-state index contributed by atoms with van der Waals surface area (Å²) in [5, 5.41) is 39.9. The van der Waals surface area contributed by atoms with Gasteiger partial charge in [0.2, 0.25) is 5.78 Å². The van der Waals surface area contributed by atoms with Crippen molar-refractivity contribution in [3.8, 4) is 11.5 Å². The van der Waals surface area contributed by atoms with Crippen LogP contribution in [0, 0.1) is 0 Å². The van der Waals surface area contributed by atoms with Gasteiger partial charge in [-0.25, -0.2) is 0 Å². The van der Waals surface area contributed by atoms with Crippen molar-refractivity contribution in [1.29, 1.82) is 0 Å². The van der Waals surface area contributed by atoms with E-state index in [1.54, 1.807) is 42.8 Å². The highest BCUT2D eigenvalue weighted by molar-refractivity contribution is 7.12. The van der Waals surface area contributed by atoms with E-state index in [1.165, 1.54) is 18.3 Å². The van der Waals surface area contributed by atoms with Gasteiger partial charge in [0.05, 0.1) is 19.8 Å². The molecule has 0 aliphatic carbocycles. The average Bonchev–Trinajstić information content (AvgIpc) is 3.18. The Kier molecular flexibility index (Phi) is 8.36. The summed E-state index contributed by atoms with van der Waals surface area (Å²) in [6.07, 6.45) is -5.34. The largest absolute Gasteiger partial charge is 0.497 e. The van der Waals surface area contributed by atoms with Crippen LogP contribution in [-0.2, 0) is 4.74 Å². The van der Waals surface area contributed by atoms with Gasteiger partial charge in [0.1, 0.15) is 34.7 Å². The normalized spacial score (nSPS) is 15.5. The number of carbonyl (C=O) groups excluding carboxylic acids is 1. The molecule has 1 aromatic carbocycles. The number of hydrogen-bond donors (Lipinski definition) is 4. The monoisotopic (exact) mass is 412 g/mol. The molecular weight excluding hydrogens is 388 g/mol. The van der Waals surface area contributed by atoms with Crippen LogP contribution in [0.15, 0.2) is 35.7 Å². The standard InChI is InChI=1S/C19H24O8S/c1-11(21)16(22)18(24)15(9-20)27-10-26-14-7-8-28-19(14)17(23)12-3-5-13(25-2)6-4-12/h3-8,11,15-16,18,20-22,24H,9-10H2,1-2H3. The first-order chi connectivity index (χ1) is 13.4. The lowest BCUT2D eigenvalue weighted by molar-refractivity contribution is -0.153. The number of benzene rings is 1. The fourth-order valence-electron chi connectivity index (χ4n) is 2.40. The number of rotatable bonds is 11. The number of ether oxygens (including phenoxy) is 3. The van der Waals surface area contributed by atoms with Gasteiger partial charge in [0, 0.05) is 5.56 Å². The molecule has 0 aliphatic heterocycles. The van der Waals surface area contributed by atoms with Crippen molar-refractivity contribution in [2.75, 3.05) is 20.5 Å². The van der Waals surface area contributed by atoms with Gasteiger partial charge in [0.25, 0.3) is 0 Å². The summed E-state index contributed by atoms with van der Waals surface area (Å²) >= 11 is 1.21. The molecule has 2 aromatic rings.